The molecule has 3 aromatic rings. The SMILES string of the molecule is Cn1c2cc(OCCC[N+](C)(C)C)ccc2c(=O)c2ccc(OCCC[N+](C)(C)C)cc21. The summed E-state index contributed by atoms with van der Waals surface area (Å²) in [6.45, 7) is 3.42. The van der Waals surface area contributed by atoms with E-state index in [2.05, 4.69) is 46.9 Å². The Balaban J connectivity index is 1.82. The Hall–Kier alpha value is -2.57. The number of aryl methyl sites for hydroxylation is 1. The van der Waals surface area contributed by atoms with Crippen LogP contribution in [-0.2, 0) is 7.05 Å². The van der Waals surface area contributed by atoms with Gasteiger partial charge in [-0.3, -0.25) is 4.79 Å². The number of pyridine rings is 1. The van der Waals surface area contributed by atoms with Crippen LogP contribution >= 0.6 is 0 Å². The van der Waals surface area contributed by atoms with E-state index in [4.69, 9.17) is 9.47 Å². The first kappa shape index (κ1) is 24.1. The second-order valence-electron chi connectivity index (χ2n) is 10.7. The molecule has 0 aliphatic heterocycles. The van der Waals surface area contributed by atoms with E-state index in [0.717, 1.165) is 57.4 Å². The van der Waals surface area contributed by atoms with Crippen LogP contribution in [0.2, 0.25) is 0 Å². The highest BCUT2D eigenvalue weighted by molar-refractivity contribution is 5.94. The Kier molecular flexibility index (Phi) is 7.16. The Morgan fingerprint density at radius 2 is 1.12 bits per heavy atom. The number of benzene rings is 2. The summed E-state index contributed by atoms with van der Waals surface area (Å²) < 4.78 is 15.9. The van der Waals surface area contributed by atoms with Crippen LogP contribution in [0.15, 0.2) is 41.2 Å². The predicted molar refractivity (Wildman–Crippen MR) is 133 cm³/mol. The maximum absolute atomic E-state index is 13.1. The molecular formula is C26H39N3O3+2. The fourth-order valence-corrected chi connectivity index (χ4v) is 3.87. The lowest BCUT2D eigenvalue weighted by molar-refractivity contribution is -0.870. The summed E-state index contributed by atoms with van der Waals surface area (Å²) in [7, 11) is 15.1. The zero-order valence-corrected chi connectivity index (χ0v) is 20.8. The summed E-state index contributed by atoms with van der Waals surface area (Å²) in [5.74, 6) is 1.59. The van der Waals surface area contributed by atoms with Gasteiger partial charge in [0.1, 0.15) is 11.5 Å². The number of aromatic nitrogens is 1. The van der Waals surface area contributed by atoms with Crippen LogP contribution in [0.4, 0.5) is 0 Å². The minimum atomic E-state index is 0.0428. The first-order valence-electron chi connectivity index (χ1n) is 11.4. The minimum Gasteiger partial charge on any atom is -0.493 e. The molecule has 6 nitrogen and oxygen atoms in total. The van der Waals surface area contributed by atoms with E-state index >= 15 is 0 Å². The average Bonchev–Trinajstić information content (AvgIpc) is 2.71. The van der Waals surface area contributed by atoms with Gasteiger partial charge in [0.15, 0.2) is 5.43 Å². The predicted octanol–water partition coefficient (Wildman–Crippen LogP) is 3.64. The van der Waals surface area contributed by atoms with Gasteiger partial charge in [0.05, 0.1) is 79.6 Å². The standard InChI is InChI=1S/C26H39N3O3/c1-27-24-18-20(31-16-8-14-28(2,3)4)10-12-22(24)26(30)23-13-11-21(19-25(23)27)32-17-9-15-29(5,6)7/h10-13,18-19H,8-9,14-17H2,1-7H3/q+2. The van der Waals surface area contributed by atoms with Gasteiger partial charge in [-0.15, -0.1) is 0 Å². The highest BCUT2D eigenvalue weighted by Gasteiger charge is 2.12. The maximum Gasteiger partial charge on any atom is 0.197 e. The number of fused-ring (bicyclic) bond motifs is 2. The average molecular weight is 442 g/mol. The molecule has 0 aliphatic rings. The Morgan fingerprint density at radius 1 is 0.719 bits per heavy atom. The van der Waals surface area contributed by atoms with Crippen LogP contribution < -0.4 is 14.9 Å². The number of quaternary nitrogens is 2. The Morgan fingerprint density at radius 3 is 1.50 bits per heavy atom. The van der Waals surface area contributed by atoms with Gasteiger partial charge in [0.2, 0.25) is 0 Å². The first-order chi connectivity index (χ1) is 14.9. The van der Waals surface area contributed by atoms with Crippen LogP contribution in [0.25, 0.3) is 21.8 Å². The van der Waals surface area contributed by atoms with Gasteiger partial charge >= 0.3 is 0 Å². The van der Waals surface area contributed by atoms with Crippen LogP contribution in [0.3, 0.4) is 0 Å². The van der Waals surface area contributed by atoms with E-state index in [1.165, 1.54) is 0 Å². The second kappa shape index (κ2) is 9.51. The van der Waals surface area contributed by atoms with E-state index in [0.29, 0.717) is 24.0 Å². The van der Waals surface area contributed by atoms with Crippen molar-refractivity contribution in [3.05, 3.63) is 46.6 Å². The monoisotopic (exact) mass is 441 g/mol. The van der Waals surface area contributed by atoms with Gasteiger partial charge in [-0.1, -0.05) is 0 Å². The van der Waals surface area contributed by atoms with Crippen LogP contribution in [-0.4, -0.2) is 82.1 Å². The maximum atomic E-state index is 13.1. The summed E-state index contributed by atoms with van der Waals surface area (Å²) in [4.78, 5) is 13.1. The molecule has 0 aliphatic carbocycles. The van der Waals surface area contributed by atoms with Crippen LogP contribution in [0.1, 0.15) is 12.8 Å². The lowest BCUT2D eigenvalue weighted by Gasteiger charge is -2.23. The van der Waals surface area contributed by atoms with Gasteiger partial charge in [-0.2, -0.15) is 0 Å². The number of hydrogen-bond donors (Lipinski definition) is 0. The van der Waals surface area contributed by atoms with Gasteiger partial charge in [0, 0.05) is 42.8 Å². The fourth-order valence-electron chi connectivity index (χ4n) is 3.87. The zero-order chi connectivity index (χ0) is 23.5. The third-order valence-electron chi connectivity index (χ3n) is 5.63. The summed E-state index contributed by atoms with van der Waals surface area (Å²) >= 11 is 0. The van der Waals surface area contributed by atoms with E-state index in [-0.39, 0.29) is 5.43 Å². The van der Waals surface area contributed by atoms with Crippen molar-refractivity contribution < 1.29 is 18.4 Å². The third-order valence-corrected chi connectivity index (χ3v) is 5.63. The number of nitrogens with zero attached hydrogens (tertiary/aromatic N) is 3. The molecule has 1 heterocycles. The molecule has 3 rings (SSSR count). The van der Waals surface area contributed by atoms with Gasteiger partial charge in [-0.05, 0) is 24.3 Å². The quantitative estimate of drug-likeness (QED) is 0.274. The van der Waals surface area contributed by atoms with Crippen molar-refractivity contribution in [1.82, 2.24) is 4.57 Å². The molecule has 0 unspecified atom stereocenters. The molecule has 0 atom stereocenters. The highest BCUT2D eigenvalue weighted by atomic mass is 16.5. The fraction of sp³-hybridized carbons (Fsp3) is 0.500. The molecule has 6 heteroatoms. The van der Waals surface area contributed by atoms with E-state index < -0.39 is 0 Å². The summed E-state index contributed by atoms with van der Waals surface area (Å²) in [6.07, 6.45) is 1.96. The van der Waals surface area contributed by atoms with Gasteiger partial charge in [-0.25, -0.2) is 0 Å². The summed E-state index contributed by atoms with van der Waals surface area (Å²) in [6, 6.07) is 11.5. The lowest BCUT2D eigenvalue weighted by atomic mass is 10.1. The van der Waals surface area contributed by atoms with Crippen molar-refractivity contribution in [3.8, 4) is 11.5 Å². The molecule has 0 fully saturated rings. The van der Waals surface area contributed by atoms with Gasteiger partial charge in [0.25, 0.3) is 0 Å². The Bertz CT molecular complexity index is 1050. The molecule has 32 heavy (non-hydrogen) atoms. The highest BCUT2D eigenvalue weighted by Crippen LogP contribution is 2.25. The lowest BCUT2D eigenvalue weighted by Crippen LogP contribution is -2.36. The zero-order valence-electron chi connectivity index (χ0n) is 20.8. The minimum absolute atomic E-state index is 0.0428. The van der Waals surface area contributed by atoms with Gasteiger partial charge < -0.3 is 23.0 Å². The largest absolute Gasteiger partial charge is 0.493 e. The molecule has 0 bridgehead atoms. The molecule has 1 aromatic heterocycles. The first-order valence-corrected chi connectivity index (χ1v) is 11.4. The molecule has 0 radical (unpaired) electrons. The Labute approximate surface area is 191 Å². The summed E-state index contributed by atoms with van der Waals surface area (Å²) in [5.41, 5.74) is 1.78. The molecule has 0 N–H and O–H groups in total. The number of ether oxygens (including phenoxy) is 2. The molecule has 174 valence electrons. The molecule has 0 saturated carbocycles. The number of rotatable bonds is 10. The molecule has 0 spiro atoms. The molecule has 2 aromatic carbocycles. The van der Waals surface area contributed by atoms with Crippen molar-refractivity contribution >= 4 is 21.8 Å². The van der Waals surface area contributed by atoms with Crippen LogP contribution in [0.5, 0.6) is 11.5 Å². The van der Waals surface area contributed by atoms with Crippen LogP contribution in [0, 0.1) is 0 Å². The molecule has 0 amide bonds. The van der Waals surface area contributed by atoms with Crippen molar-refractivity contribution in [2.24, 2.45) is 7.05 Å². The topological polar surface area (TPSA) is 40.5 Å². The normalized spacial score (nSPS) is 12.5. The van der Waals surface area contributed by atoms with Crippen molar-refractivity contribution in [3.63, 3.8) is 0 Å². The van der Waals surface area contributed by atoms with E-state index in [1.807, 2.05) is 43.4 Å². The molecule has 0 saturated heterocycles. The van der Waals surface area contributed by atoms with Crippen molar-refractivity contribution in [2.75, 3.05) is 68.6 Å². The smallest absolute Gasteiger partial charge is 0.197 e. The van der Waals surface area contributed by atoms with Crippen molar-refractivity contribution in [1.29, 1.82) is 0 Å². The third kappa shape index (κ3) is 6.24. The van der Waals surface area contributed by atoms with Crippen molar-refractivity contribution in [2.45, 2.75) is 12.8 Å². The molecular weight excluding hydrogens is 402 g/mol. The van der Waals surface area contributed by atoms with E-state index in [1.54, 1.807) is 0 Å². The summed E-state index contributed by atoms with van der Waals surface area (Å²) in [5, 5.41) is 1.41. The number of hydrogen-bond acceptors (Lipinski definition) is 3. The second-order valence-corrected chi connectivity index (χ2v) is 10.7. The van der Waals surface area contributed by atoms with E-state index in [9.17, 15) is 4.79 Å².